The molecular formula is C27H30O14. The van der Waals surface area contributed by atoms with Crippen molar-refractivity contribution < 1.29 is 64.2 Å². The molecule has 3 heterocycles. The third-order valence-electron chi connectivity index (χ3n) is 7.10. The van der Waals surface area contributed by atoms with Gasteiger partial charge in [0.2, 0.25) is 17.5 Å². The van der Waals surface area contributed by atoms with Crippen molar-refractivity contribution in [2.24, 2.45) is 0 Å². The first-order valence-electron chi connectivity index (χ1n) is 12.7. The van der Waals surface area contributed by atoms with Crippen LogP contribution in [0.2, 0.25) is 0 Å². The average Bonchev–Trinajstić information content (AvgIpc) is 2.95. The van der Waals surface area contributed by atoms with Gasteiger partial charge in [-0.3, -0.25) is 4.79 Å². The lowest BCUT2D eigenvalue weighted by Crippen LogP contribution is -2.64. The Hall–Kier alpha value is -3.31. The minimum Gasteiger partial charge on any atom is -0.508 e. The molecule has 2 aromatic carbocycles. The molecular weight excluding hydrogens is 548 g/mol. The van der Waals surface area contributed by atoms with E-state index < -0.39 is 84.9 Å². The van der Waals surface area contributed by atoms with E-state index in [0.717, 1.165) is 12.1 Å². The van der Waals surface area contributed by atoms with Crippen LogP contribution in [0.1, 0.15) is 6.92 Å². The summed E-state index contributed by atoms with van der Waals surface area (Å²) in [7, 11) is 0. The van der Waals surface area contributed by atoms with Crippen molar-refractivity contribution >= 4 is 11.0 Å². The van der Waals surface area contributed by atoms with Gasteiger partial charge >= 0.3 is 0 Å². The van der Waals surface area contributed by atoms with Gasteiger partial charge in [0.15, 0.2) is 12.1 Å². The molecule has 0 amide bonds. The summed E-state index contributed by atoms with van der Waals surface area (Å²) in [6.45, 7) is 0.742. The number of ether oxygens (including phenoxy) is 4. The number of hydrogen-bond donors (Lipinski definition) is 8. The molecule has 0 unspecified atom stereocenters. The van der Waals surface area contributed by atoms with Gasteiger partial charge < -0.3 is 64.2 Å². The molecule has 0 saturated carbocycles. The van der Waals surface area contributed by atoms with Crippen LogP contribution >= 0.6 is 0 Å². The highest BCUT2D eigenvalue weighted by molar-refractivity contribution is 5.88. The summed E-state index contributed by atoms with van der Waals surface area (Å²) < 4.78 is 28.3. The van der Waals surface area contributed by atoms with E-state index in [1.807, 2.05) is 0 Å². The quantitative estimate of drug-likeness (QED) is 0.174. The van der Waals surface area contributed by atoms with Gasteiger partial charge in [0.25, 0.3) is 0 Å². The van der Waals surface area contributed by atoms with Gasteiger partial charge in [-0.2, -0.15) is 0 Å². The van der Waals surface area contributed by atoms with Gasteiger partial charge in [-0.1, -0.05) is 30.3 Å². The molecule has 0 aliphatic carbocycles. The van der Waals surface area contributed by atoms with Crippen molar-refractivity contribution in [1.82, 2.24) is 0 Å². The zero-order valence-corrected chi connectivity index (χ0v) is 21.5. The molecule has 0 spiro atoms. The zero-order valence-electron chi connectivity index (χ0n) is 21.5. The van der Waals surface area contributed by atoms with Crippen molar-refractivity contribution in [2.75, 3.05) is 6.61 Å². The van der Waals surface area contributed by atoms with Gasteiger partial charge in [0.05, 0.1) is 12.7 Å². The smallest absolute Gasteiger partial charge is 0.239 e. The van der Waals surface area contributed by atoms with Crippen LogP contribution in [0.15, 0.2) is 51.7 Å². The Kier molecular flexibility index (Phi) is 8.20. The maximum Gasteiger partial charge on any atom is 0.239 e. The molecule has 2 aliphatic heterocycles. The van der Waals surface area contributed by atoms with Crippen LogP contribution in [0.5, 0.6) is 17.2 Å². The van der Waals surface area contributed by atoms with E-state index in [9.17, 15) is 45.6 Å². The van der Waals surface area contributed by atoms with Crippen LogP contribution in [0.3, 0.4) is 0 Å². The van der Waals surface area contributed by atoms with E-state index in [-0.39, 0.29) is 22.5 Å². The summed E-state index contributed by atoms with van der Waals surface area (Å²) in [4.78, 5) is 13.5. The molecule has 0 radical (unpaired) electrons. The van der Waals surface area contributed by atoms with Crippen LogP contribution in [0.4, 0.5) is 0 Å². The third-order valence-corrected chi connectivity index (χ3v) is 7.10. The summed E-state index contributed by atoms with van der Waals surface area (Å²) in [5.41, 5.74) is -0.600. The van der Waals surface area contributed by atoms with Gasteiger partial charge in [-0.15, -0.1) is 0 Å². The van der Waals surface area contributed by atoms with E-state index in [4.69, 9.17) is 23.4 Å². The van der Waals surface area contributed by atoms with E-state index in [1.54, 1.807) is 30.3 Å². The van der Waals surface area contributed by atoms with E-state index >= 15 is 0 Å². The van der Waals surface area contributed by atoms with E-state index in [2.05, 4.69) is 0 Å². The molecule has 3 aromatic rings. The normalized spacial score (nSPS) is 34.0. The molecule has 5 rings (SSSR count). The maximum atomic E-state index is 13.5. The van der Waals surface area contributed by atoms with Crippen LogP contribution in [-0.2, 0) is 14.2 Å². The fraction of sp³-hybridized carbons (Fsp3) is 0.444. The van der Waals surface area contributed by atoms with Crippen molar-refractivity contribution in [3.63, 3.8) is 0 Å². The molecule has 14 nitrogen and oxygen atoms in total. The molecule has 8 N–H and O–H groups in total. The fourth-order valence-electron chi connectivity index (χ4n) is 4.90. The van der Waals surface area contributed by atoms with Gasteiger partial charge in [0, 0.05) is 17.7 Å². The second kappa shape index (κ2) is 11.5. The number of aliphatic hydroxyl groups is 6. The van der Waals surface area contributed by atoms with Gasteiger partial charge in [0.1, 0.15) is 65.2 Å². The lowest BCUT2D eigenvalue weighted by atomic mass is 9.97. The molecule has 14 heteroatoms. The molecule has 222 valence electrons. The Morgan fingerprint density at radius 2 is 1.54 bits per heavy atom. The van der Waals surface area contributed by atoms with Crippen LogP contribution in [-0.4, -0.2) is 109 Å². The number of aliphatic hydroxyl groups excluding tert-OH is 6. The number of fused-ring (bicyclic) bond motifs is 1. The predicted octanol–water partition coefficient (Wildman–Crippen LogP) is -1.10. The van der Waals surface area contributed by atoms with Crippen LogP contribution in [0, 0.1) is 0 Å². The van der Waals surface area contributed by atoms with Crippen LogP contribution in [0.25, 0.3) is 22.3 Å². The third kappa shape index (κ3) is 5.37. The van der Waals surface area contributed by atoms with Gasteiger partial charge in [-0.05, 0) is 6.92 Å². The molecule has 1 aromatic heterocycles. The first kappa shape index (κ1) is 29.2. The zero-order chi connectivity index (χ0) is 29.6. The molecule has 2 saturated heterocycles. The second-order valence-electron chi connectivity index (χ2n) is 9.90. The Balaban J connectivity index is 1.44. The monoisotopic (exact) mass is 578 g/mol. The minimum atomic E-state index is -1.84. The number of aromatic hydroxyl groups is 2. The summed E-state index contributed by atoms with van der Waals surface area (Å²) >= 11 is 0. The number of hydrogen-bond acceptors (Lipinski definition) is 14. The number of rotatable bonds is 6. The molecule has 0 bridgehead atoms. The maximum absolute atomic E-state index is 13.5. The topological polar surface area (TPSA) is 229 Å². The first-order valence-corrected chi connectivity index (χ1v) is 12.7. The van der Waals surface area contributed by atoms with E-state index in [1.165, 1.54) is 6.92 Å². The van der Waals surface area contributed by atoms with Crippen molar-refractivity contribution in [3.8, 4) is 28.6 Å². The number of benzene rings is 2. The predicted molar refractivity (Wildman–Crippen MR) is 137 cm³/mol. The Bertz CT molecular complexity index is 1430. The Morgan fingerprint density at radius 3 is 2.22 bits per heavy atom. The lowest BCUT2D eigenvalue weighted by molar-refractivity contribution is -0.348. The fourth-order valence-corrected chi connectivity index (χ4v) is 4.90. The summed E-state index contributed by atoms with van der Waals surface area (Å²) in [6.07, 6.45) is -15.7. The Labute approximate surface area is 231 Å². The highest BCUT2D eigenvalue weighted by Gasteiger charge is 2.50. The molecule has 41 heavy (non-hydrogen) atoms. The van der Waals surface area contributed by atoms with Crippen molar-refractivity contribution in [2.45, 2.75) is 68.3 Å². The second-order valence-corrected chi connectivity index (χ2v) is 9.90. The van der Waals surface area contributed by atoms with Gasteiger partial charge in [-0.25, -0.2) is 0 Å². The lowest BCUT2D eigenvalue weighted by Gasteiger charge is -2.45. The van der Waals surface area contributed by atoms with Crippen molar-refractivity contribution in [3.05, 3.63) is 52.7 Å². The molecule has 10 atom stereocenters. The largest absolute Gasteiger partial charge is 0.508 e. The summed E-state index contributed by atoms with van der Waals surface area (Å²) in [5.74, 6) is -1.49. The Morgan fingerprint density at radius 1 is 0.854 bits per heavy atom. The van der Waals surface area contributed by atoms with E-state index in [0.29, 0.717) is 5.56 Å². The summed E-state index contributed by atoms with van der Waals surface area (Å²) in [6, 6.07) is 10.4. The SMILES string of the molecule is C[C@@H]1O[C@@H](Oc2c(-c3ccccc3)oc3cc(O)cc(O)c3c2=O)[C@H](O)[C@H](O)[C@H]1O[C@@H]1O[C@H](CO)[C@H](O)[C@H](O)[C@H]1O. The van der Waals surface area contributed by atoms with Crippen LogP contribution < -0.4 is 10.2 Å². The number of phenolic OH excluding ortho intramolecular Hbond substituents is 2. The molecule has 2 aliphatic rings. The highest BCUT2D eigenvalue weighted by atomic mass is 16.7. The summed E-state index contributed by atoms with van der Waals surface area (Å²) in [5, 5.41) is 81.5. The standard InChI is InChI=1S/C27H30O14/c1-10-23(40-27-21(35)19(33)17(31)15(9-28)39-27)20(34)22(36)26(37-10)41-25-18(32)16-13(30)7-12(29)8-14(16)38-24(25)11-5-3-2-4-6-11/h2-8,10,15,17,19-23,26-31,33-36H,9H2,1H3/t10-,15+,17-,19-,20-,21+,22+,23-,26-,27-/m0/s1. The first-order chi connectivity index (χ1) is 19.5. The molecule has 2 fully saturated rings. The van der Waals surface area contributed by atoms with Crippen molar-refractivity contribution in [1.29, 1.82) is 0 Å². The number of phenols is 2. The average molecular weight is 579 g/mol. The minimum absolute atomic E-state index is 0.106. The highest BCUT2D eigenvalue weighted by Crippen LogP contribution is 2.37.